The van der Waals surface area contributed by atoms with Crippen molar-refractivity contribution in [1.29, 1.82) is 0 Å². The Labute approximate surface area is 134 Å². The largest absolute Gasteiger partial charge is 0.396 e. The second-order valence-corrected chi connectivity index (χ2v) is 6.84. The van der Waals surface area contributed by atoms with Crippen molar-refractivity contribution in [2.45, 2.75) is 25.5 Å². The molecule has 120 valence electrons. The fraction of sp³-hybridized carbons (Fsp3) is 0.500. The number of aliphatic hydroxyl groups is 1. The number of carbonyl (C=O) groups is 1. The van der Waals surface area contributed by atoms with Crippen molar-refractivity contribution < 1.29 is 9.90 Å². The molecule has 0 aliphatic carbocycles. The van der Waals surface area contributed by atoms with Crippen LogP contribution in [0.15, 0.2) is 24.3 Å². The van der Waals surface area contributed by atoms with Crippen LogP contribution in [0.4, 0.5) is 0 Å². The van der Waals surface area contributed by atoms with Gasteiger partial charge in [-0.2, -0.15) is 0 Å². The Morgan fingerprint density at radius 2 is 2.18 bits per heavy atom. The molecule has 0 aliphatic rings. The third-order valence-electron chi connectivity index (χ3n) is 3.53. The number of aromatic nitrogens is 2. The van der Waals surface area contributed by atoms with Crippen LogP contribution in [-0.4, -0.2) is 39.9 Å². The maximum Gasteiger partial charge on any atom is 0.230 e. The first-order chi connectivity index (χ1) is 10.6. The Morgan fingerprint density at radius 3 is 2.91 bits per heavy atom. The monoisotopic (exact) mass is 321 g/mol. The molecule has 5 nitrogen and oxygen atoms in total. The molecule has 2 aromatic rings. The number of nitrogens with zero attached hydrogens (tertiary/aromatic N) is 1. The summed E-state index contributed by atoms with van der Waals surface area (Å²) in [5, 5.41) is 11.9. The van der Waals surface area contributed by atoms with Gasteiger partial charge in [-0.05, 0) is 31.4 Å². The third kappa shape index (κ3) is 4.74. The van der Waals surface area contributed by atoms with Crippen LogP contribution in [0.1, 0.15) is 31.3 Å². The number of carbonyl (C=O) groups excluding carboxylic acids is 1. The van der Waals surface area contributed by atoms with E-state index in [1.807, 2.05) is 38.1 Å². The number of fused-ring (bicyclic) bond motifs is 1. The summed E-state index contributed by atoms with van der Waals surface area (Å²) < 4.78 is 0. The van der Waals surface area contributed by atoms with Crippen LogP contribution in [0, 0.1) is 5.92 Å². The molecule has 2 rings (SSSR count). The van der Waals surface area contributed by atoms with E-state index in [4.69, 9.17) is 5.11 Å². The second kappa shape index (κ2) is 8.19. The summed E-state index contributed by atoms with van der Waals surface area (Å²) in [5.41, 5.74) is 1.97. The molecule has 2 unspecified atom stereocenters. The number of benzene rings is 1. The normalized spacial score (nSPS) is 14.0. The van der Waals surface area contributed by atoms with Gasteiger partial charge in [0.1, 0.15) is 5.82 Å². The minimum atomic E-state index is 0.0257. The first-order valence-electron chi connectivity index (χ1n) is 7.54. The van der Waals surface area contributed by atoms with E-state index in [2.05, 4.69) is 15.3 Å². The highest BCUT2D eigenvalue weighted by Gasteiger charge is 2.13. The van der Waals surface area contributed by atoms with Crippen molar-refractivity contribution in [1.82, 2.24) is 15.3 Å². The Morgan fingerprint density at radius 1 is 1.41 bits per heavy atom. The highest BCUT2D eigenvalue weighted by atomic mass is 32.2. The summed E-state index contributed by atoms with van der Waals surface area (Å²) in [6, 6.07) is 7.91. The molecule has 0 bridgehead atoms. The van der Waals surface area contributed by atoms with E-state index in [0.29, 0.717) is 24.6 Å². The van der Waals surface area contributed by atoms with Gasteiger partial charge in [-0.15, -0.1) is 11.8 Å². The average Bonchev–Trinajstić information content (AvgIpc) is 2.95. The molecule has 0 fully saturated rings. The molecule has 1 aromatic carbocycles. The van der Waals surface area contributed by atoms with Crippen molar-refractivity contribution >= 4 is 28.7 Å². The molecule has 0 saturated carbocycles. The lowest BCUT2D eigenvalue weighted by Gasteiger charge is -2.12. The van der Waals surface area contributed by atoms with Gasteiger partial charge in [-0.1, -0.05) is 19.1 Å². The number of imidazole rings is 1. The minimum absolute atomic E-state index is 0.0257. The van der Waals surface area contributed by atoms with E-state index < -0.39 is 0 Å². The van der Waals surface area contributed by atoms with E-state index in [1.54, 1.807) is 11.8 Å². The van der Waals surface area contributed by atoms with Gasteiger partial charge in [-0.25, -0.2) is 4.98 Å². The van der Waals surface area contributed by atoms with Gasteiger partial charge in [0, 0.05) is 13.2 Å². The average molecular weight is 321 g/mol. The first-order valence-corrected chi connectivity index (χ1v) is 8.59. The Bertz CT molecular complexity index is 581. The molecule has 3 N–H and O–H groups in total. The highest BCUT2D eigenvalue weighted by Crippen LogP contribution is 2.27. The number of aliphatic hydroxyl groups excluding tert-OH is 1. The van der Waals surface area contributed by atoms with Crippen LogP contribution in [0.25, 0.3) is 11.0 Å². The zero-order valence-electron chi connectivity index (χ0n) is 13.0. The number of H-pyrrole nitrogens is 1. The standard InChI is InChI=1S/C16H23N3O2S/c1-11(7-8-20)9-17-15(21)10-22-12(2)16-18-13-5-3-4-6-14(13)19-16/h3-6,11-12,20H,7-10H2,1-2H3,(H,17,21)(H,18,19). The number of amides is 1. The summed E-state index contributed by atoms with van der Waals surface area (Å²) in [5.74, 6) is 1.63. The smallest absolute Gasteiger partial charge is 0.230 e. The molecule has 0 aliphatic heterocycles. The number of thioether (sulfide) groups is 1. The van der Waals surface area contributed by atoms with Gasteiger partial charge in [-0.3, -0.25) is 4.79 Å². The minimum Gasteiger partial charge on any atom is -0.396 e. The Balaban J connectivity index is 1.79. The maximum absolute atomic E-state index is 11.8. The molecule has 0 spiro atoms. The highest BCUT2D eigenvalue weighted by molar-refractivity contribution is 8.00. The van der Waals surface area contributed by atoms with Crippen LogP contribution in [0.5, 0.6) is 0 Å². The molecule has 1 amide bonds. The summed E-state index contributed by atoms with van der Waals surface area (Å²) in [7, 11) is 0. The second-order valence-electron chi connectivity index (χ2n) is 5.51. The lowest BCUT2D eigenvalue weighted by molar-refractivity contribution is -0.118. The summed E-state index contributed by atoms with van der Waals surface area (Å²) >= 11 is 1.56. The number of para-hydroxylation sites is 2. The van der Waals surface area contributed by atoms with E-state index in [-0.39, 0.29) is 17.8 Å². The number of hydrogen-bond donors (Lipinski definition) is 3. The third-order valence-corrected chi connectivity index (χ3v) is 4.68. The van der Waals surface area contributed by atoms with Crippen LogP contribution in [0.2, 0.25) is 0 Å². The molecule has 1 heterocycles. The predicted molar refractivity (Wildman–Crippen MR) is 90.8 cm³/mol. The van der Waals surface area contributed by atoms with Crippen LogP contribution in [-0.2, 0) is 4.79 Å². The quantitative estimate of drug-likeness (QED) is 0.698. The van der Waals surface area contributed by atoms with Crippen LogP contribution >= 0.6 is 11.8 Å². The van der Waals surface area contributed by atoms with Crippen molar-refractivity contribution in [2.75, 3.05) is 18.9 Å². The van der Waals surface area contributed by atoms with Crippen molar-refractivity contribution in [3.63, 3.8) is 0 Å². The zero-order chi connectivity index (χ0) is 15.9. The van der Waals surface area contributed by atoms with Gasteiger partial charge in [0.2, 0.25) is 5.91 Å². The van der Waals surface area contributed by atoms with Crippen molar-refractivity contribution in [3.05, 3.63) is 30.1 Å². The lowest BCUT2D eigenvalue weighted by atomic mass is 10.1. The van der Waals surface area contributed by atoms with E-state index >= 15 is 0 Å². The van der Waals surface area contributed by atoms with Crippen LogP contribution < -0.4 is 5.32 Å². The van der Waals surface area contributed by atoms with E-state index in [1.165, 1.54) is 0 Å². The summed E-state index contributed by atoms with van der Waals surface area (Å²) in [4.78, 5) is 19.7. The van der Waals surface area contributed by atoms with Gasteiger partial charge in [0.25, 0.3) is 0 Å². The number of aromatic amines is 1. The Kier molecular flexibility index (Phi) is 6.27. The number of nitrogens with one attached hydrogen (secondary N) is 2. The molecule has 2 atom stereocenters. The lowest BCUT2D eigenvalue weighted by Crippen LogP contribution is -2.30. The zero-order valence-corrected chi connectivity index (χ0v) is 13.8. The number of rotatable bonds is 8. The van der Waals surface area contributed by atoms with Crippen molar-refractivity contribution in [2.24, 2.45) is 5.92 Å². The molecule has 0 saturated heterocycles. The maximum atomic E-state index is 11.8. The van der Waals surface area contributed by atoms with Crippen LogP contribution in [0.3, 0.4) is 0 Å². The summed E-state index contributed by atoms with van der Waals surface area (Å²) in [6.45, 7) is 4.83. The Hall–Kier alpha value is -1.53. The molecule has 1 aromatic heterocycles. The fourth-order valence-corrected chi connectivity index (χ4v) is 2.88. The molecular formula is C16H23N3O2S. The summed E-state index contributed by atoms with van der Waals surface area (Å²) in [6.07, 6.45) is 0.711. The molecular weight excluding hydrogens is 298 g/mol. The predicted octanol–water partition coefficient (Wildman–Crippen LogP) is 2.49. The first kappa shape index (κ1) is 16.8. The van der Waals surface area contributed by atoms with E-state index in [9.17, 15) is 4.79 Å². The van der Waals surface area contributed by atoms with Gasteiger partial charge >= 0.3 is 0 Å². The molecule has 22 heavy (non-hydrogen) atoms. The van der Waals surface area contributed by atoms with E-state index in [0.717, 1.165) is 16.9 Å². The van der Waals surface area contributed by atoms with Gasteiger partial charge in [0.05, 0.1) is 22.0 Å². The SMILES string of the molecule is CC(CCO)CNC(=O)CSC(C)c1nc2ccccc2[nH]1. The fourth-order valence-electron chi connectivity index (χ4n) is 2.11. The number of hydrogen-bond acceptors (Lipinski definition) is 4. The van der Waals surface area contributed by atoms with Gasteiger partial charge in [0.15, 0.2) is 0 Å². The van der Waals surface area contributed by atoms with Crippen molar-refractivity contribution in [3.8, 4) is 0 Å². The molecule has 0 radical (unpaired) electrons. The van der Waals surface area contributed by atoms with Gasteiger partial charge < -0.3 is 15.4 Å². The topological polar surface area (TPSA) is 78.0 Å². The molecule has 6 heteroatoms.